The fraction of sp³-hybridized carbons (Fsp3) is 0.824. The van der Waals surface area contributed by atoms with Crippen LogP contribution in [0.25, 0.3) is 0 Å². The maximum Gasteiger partial charge on any atom is 0.243 e. The number of hydrogen-bond acceptors (Lipinski definition) is 4. The number of carbonyl (C=O) groups excluding carboxylic acids is 1. The molecule has 0 aromatic carbocycles. The summed E-state index contributed by atoms with van der Waals surface area (Å²) in [6.45, 7) is 2.31. The summed E-state index contributed by atoms with van der Waals surface area (Å²) >= 11 is 0. The monoisotopic (exact) mass is 342 g/mol. The van der Waals surface area contributed by atoms with E-state index < -0.39 is 9.84 Å². The van der Waals surface area contributed by atoms with Crippen LogP contribution in [0.3, 0.4) is 0 Å². The van der Waals surface area contributed by atoms with Crippen LogP contribution < -0.4 is 5.32 Å². The van der Waals surface area contributed by atoms with Crippen molar-refractivity contribution in [1.29, 1.82) is 0 Å². The summed E-state index contributed by atoms with van der Waals surface area (Å²) in [4.78, 5) is 14.2. The van der Waals surface area contributed by atoms with Gasteiger partial charge in [-0.15, -0.1) is 0 Å². The summed E-state index contributed by atoms with van der Waals surface area (Å²) in [5.74, 6) is 0.811. The first kappa shape index (κ1) is 18.5. The van der Waals surface area contributed by atoms with Crippen LogP contribution in [0.4, 0.5) is 0 Å². The fourth-order valence-corrected chi connectivity index (χ4v) is 3.99. The molecule has 0 spiro atoms. The standard InChI is InChI=1S/C17H30N2O3S/c1-23(21,22)14-13-19-11-9-16(10-12-19)18-17(20)8-7-15-5-3-2-4-6-15/h7-8,15-16H,2-6,9-14H2,1H3,(H,18,20). The van der Waals surface area contributed by atoms with E-state index in [-0.39, 0.29) is 17.7 Å². The lowest BCUT2D eigenvalue weighted by atomic mass is 9.89. The van der Waals surface area contributed by atoms with Gasteiger partial charge in [0, 0.05) is 31.9 Å². The van der Waals surface area contributed by atoms with Gasteiger partial charge in [0.2, 0.25) is 5.91 Å². The van der Waals surface area contributed by atoms with Gasteiger partial charge >= 0.3 is 0 Å². The van der Waals surface area contributed by atoms with Crippen molar-refractivity contribution in [2.45, 2.75) is 51.0 Å². The quantitative estimate of drug-likeness (QED) is 0.747. The number of piperidine rings is 1. The molecule has 0 aromatic heterocycles. The van der Waals surface area contributed by atoms with E-state index in [9.17, 15) is 13.2 Å². The second-order valence-corrected chi connectivity index (χ2v) is 9.27. The molecule has 0 atom stereocenters. The van der Waals surface area contributed by atoms with Crippen LogP contribution in [-0.4, -0.2) is 56.9 Å². The highest BCUT2D eigenvalue weighted by Crippen LogP contribution is 2.24. The molecule has 1 heterocycles. The lowest BCUT2D eigenvalue weighted by Crippen LogP contribution is -2.45. The Morgan fingerprint density at radius 1 is 1.13 bits per heavy atom. The number of carbonyl (C=O) groups is 1. The van der Waals surface area contributed by atoms with Crippen LogP contribution in [0.15, 0.2) is 12.2 Å². The van der Waals surface area contributed by atoms with Gasteiger partial charge in [0.15, 0.2) is 0 Å². The molecule has 0 radical (unpaired) electrons. The number of likely N-dealkylation sites (tertiary alicyclic amines) is 1. The highest BCUT2D eigenvalue weighted by atomic mass is 32.2. The molecule has 23 heavy (non-hydrogen) atoms. The van der Waals surface area contributed by atoms with E-state index in [4.69, 9.17) is 0 Å². The molecule has 5 nitrogen and oxygen atoms in total. The van der Waals surface area contributed by atoms with Gasteiger partial charge in [-0.2, -0.15) is 0 Å². The molecule has 132 valence electrons. The van der Waals surface area contributed by atoms with Gasteiger partial charge in [-0.25, -0.2) is 8.42 Å². The molecule has 0 bridgehead atoms. The predicted molar refractivity (Wildman–Crippen MR) is 93.0 cm³/mol. The maximum atomic E-state index is 12.0. The van der Waals surface area contributed by atoms with E-state index >= 15 is 0 Å². The number of sulfone groups is 1. The van der Waals surface area contributed by atoms with E-state index in [1.807, 2.05) is 0 Å². The Bertz CT molecular complexity index is 502. The third-order valence-corrected chi connectivity index (χ3v) is 5.81. The summed E-state index contributed by atoms with van der Waals surface area (Å²) in [5, 5.41) is 3.08. The zero-order chi connectivity index (χ0) is 16.7. The SMILES string of the molecule is CS(=O)(=O)CCN1CCC(NC(=O)C=CC2CCCCC2)CC1. The lowest BCUT2D eigenvalue weighted by molar-refractivity contribution is -0.117. The van der Waals surface area contributed by atoms with E-state index in [0.29, 0.717) is 12.5 Å². The van der Waals surface area contributed by atoms with Gasteiger partial charge in [-0.05, 0) is 37.7 Å². The average molecular weight is 343 g/mol. The number of rotatable bonds is 6. The van der Waals surface area contributed by atoms with Crippen molar-refractivity contribution in [2.75, 3.05) is 31.6 Å². The van der Waals surface area contributed by atoms with Gasteiger partial charge in [-0.3, -0.25) is 4.79 Å². The van der Waals surface area contributed by atoms with Gasteiger partial charge < -0.3 is 10.2 Å². The largest absolute Gasteiger partial charge is 0.350 e. The topological polar surface area (TPSA) is 66.5 Å². The Labute approximate surface area is 140 Å². The highest BCUT2D eigenvalue weighted by Gasteiger charge is 2.20. The second kappa shape index (κ2) is 8.83. The molecule has 1 aliphatic heterocycles. The number of nitrogens with zero attached hydrogens (tertiary/aromatic N) is 1. The Morgan fingerprint density at radius 3 is 2.39 bits per heavy atom. The summed E-state index contributed by atoms with van der Waals surface area (Å²) < 4.78 is 22.4. The first-order chi connectivity index (χ1) is 10.9. The van der Waals surface area contributed by atoms with Crippen molar-refractivity contribution in [2.24, 2.45) is 5.92 Å². The summed E-state index contributed by atoms with van der Waals surface area (Å²) in [5.41, 5.74) is 0. The second-order valence-electron chi connectivity index (χ2n) is 7.01. The van der Waals surface area contributed by atoms with E-state index in [1.165, 1.54) is 38.4 Å². The van der Waals surface area contributed by atoms with E-state index in [1.54, 1.807) is 6.08 Å². The zero-order valence-electron chi connectivity index (χ0n) is 14.2. The first-order valence-corrected chi connectivity index (χ1v) is 10.9. The van der Waals surface area contributed by atoms with Crippen LogP contribution in [-0.2, 0) is 14.6 Å². The molecule has 2 aliphatic rings. The van der Waals surface area contributed by atoms with Crippen molar-refractivity contribution < 1.29 is 13.2 Å². The maximum absolute atomic E-state index is 12.0. The number of amides is 1. The van der Waals surface area contributed by atoms with Crippen LogP contribution in [0, 0.1) is 5.92 Å². The van der Waals surface area contributed by atoms with Crippen molar-refractivity contribution >= 4 is 15.7 Å². The molecule has 0 aromatic rings. The highest BCUT2D eigenvalue weighted by molar-refractivity contribution is 7.90. The number of nitrogens with one attached hydrogen (secondary N) is 1. The zero-order valence-corrected chi connectivity index (χ0v) is 15.0. The summed E-state index contributed by atoms with van der Waals surface area (Å²) in [6.07, 6.45) is 13.2. The minimum Gasteiger partial charge on any atom is -0.350 e. The lowest BCUT2D eigenvalue weighted by Gasteiger charge is -2.31. The average Bonchev–Trinajstić information content (AvgIpc) is 2.53. The Hall–Kier alpha value is -0.880. The third-order valence-electron chi connectivity index (χ3n) is 4.88. The Balaban J connectivity index is 1.65. The van der Waals surface area contributed by atoms with Crippen LogP contribution in [0.1, 0.15) is 44.9 Å². The Morgan fingerprint density at radius 2 is 1.78 bits per heavy atom. The van der Waals surface area contributed by atoms with Gasteiger partial charge in [0.05, 0.1) is 5.75 Å². The third kappa shape index (κ3) is 7.48. The van der Waals surface area contributed by atoms with Crippen molar-refractivity contribution in [3.63, 3.8) is 0 Å². The van der Waals surface area contributed by atoms with Crippen LogP contribution in [0.5, 0.6) is 0 Å². The molecule has 1 N–H and O–H groups in total. The minimum absolute atomic E-state index is 0.0187. The van der Waals surface area contributed by atoms with E-state index in [0.717, 1.165) is 25.9 Å². The van der Waals surface area contributed by atoms with Gasteiger partial charge in [0.1, 0.15) is 9.84 Å². The van der Waals surface area contributed by atoms with Crippen molar-refractivity contribution in [1.82, 2.24) is 10.2 Å². The Kier molecular flexibility index (Phi) is 7.09. The molecule has 1 aliphatic carbocycles. The van der Waals surface area contributed by atoms with Crippen molar-refractivity contribution in [3.05, 3.63) is 12.2 Å². The fourth-order valence-electron chi connectivity index (χ4n) is 3.40. The molecular weight excluding hydrogens is 312 g/mol. The molecule has 1 saturated carbocycles. The van der Waals surface area contributed by atoms with E-state index in [2.05, 4.69) is 16.3 Å². The minimum atomic E-state index is -2.89. The molecule has 6 heteroatoms. The molecule has 1 amide bonds. The van der Waals surface area contributed by atoms with Crippen molar-refractivity contribution in [3.8, 4) is 0 Å². The summed E-state index contributed by atoms with van der Waals surface area (Å²) in [7, 11) is -2.89. The van der Waals surface area contributed by atoms with Crippen LogP contribution >= 0.6 is 0 Å². The normalized spacial score (nSPS) is 22.5. The van der Waals surface area contributed by atoms with Crippen LogP contribution in [0.2, 0.25) is 0 Å². The molecule has 2 fully saturated rings. The molecule has 2 rings (SSSR count). The van der Waals surface area contributed by atoms with Gasteiger partial charge in [-0.1, -0.05) is 25.3 Å². The molecule has 0 unspecified atom stereocenters. The molecule has 1 saturated heterocycles. The number of hydrogen-bond donors (Lipinski definition) is 1. The number of allylic oxidation sites excluding steroid dienone is 1. The predicted octanol–water partition coefficient (Wildman–Crippen LogP) is 1.75. The smallest absolute Gasteiger partial charge is 0.243 e. The summed E-state index contributed by atoms with van der Waals surface area (Å²) in [6, 6.07) is 0.216. The van der Waals surface area contributed by atoms with Gasteiger partial charge in [0.25, 0.3) is 0 Å². The molecular formula is C17H30N2O3S. The first-order valence-electron chi connectivity index (χ1n) is 8.81.